The van der Waals surface area contributed by atoms with Crippen molar-refractivity contribution in [3.8, 4) is 0 Å². The Kier molecular flexibility index (Phi) is 13.7. The Bertz CT molecular complexity index is 610. The van der Waals surface area contributed by atoms with Gasteiger partial charge >= 0.3 is 12.1 Å². The zero-order valence-corrected chi connectivity index (χ0v) is 20.3. The summed E-state index contributed by atoms with van der Waals surface area (Å²) in [6.07, 6.45) is 10.3. The largest absolute Gasteiger partial charge is 0.494 e. The van der Waals surface area contributed by atoms with Crippen LogP contribution in [0.15, 0.2) is 24.0 Å². The lowest BCUT2D eigenvalue weighted by Crippen LogP contribution is -2.41. The molecule has 0 aromatic carbocycles. The molecule has 184 valence electrons. The molecule has 1 N–H and O–H groups in total. The van der Waals surface area contributed by atoms with Gasteiger partial charge in [0, 0.05) is 31.8 Å². The van der Waals surface area contributed by atoms with E-state index in [2.05, 4.69) is 22.2 Å². The standard InChI is InChI=1S/C24H41NO7/c1-19(25-23(27)32-24(2,3)4)20-11-9-12-21(17-20)31-16-8-6-7-13-29-14-10-15-30-18-22(26)28-5/h9,12,17,19-20H,6-8,10-11,13-16,18H2,1-5H3,(H,25,27)/t19-,20?/m1/s1. The lowest BCUT2D eigenvalue weighted by atomic mass is 9.93. The second-order valence-corrected chi connectivity index (χ2v) is 8.81. The van der Waals surface area contributed by atoms with Gasteiger partial charge in [0.15, 0.2) is 0 Å². The van der Waals surface area contributed by atoms with Crippen LogP contribution in [-0.2, 0) is 28.5 Å². The summed E-state index contributed by atoms with van der Waals surface area (Å²) in [5.41, 5.74) is -0.508. The highest BCUT2D eigenvalue weighted by Gasteiger charge is 2.22. The molecule has 0 radical (unpaired) electrons. The normalized spacial score (nSPS) is 16.8. The first-order valence-corrected chi connectivity index (χ1v) is 11.4. The summed E-state index contributed by atoms with van der Waals surface area (Å²) in [6.45, 7) is 9.98. The van der Waals surface area contributed by atoms with E-state index in [9.17, 15) is 9.59 Å². The third kappa shape index (κ3) is 14.1. The molecule has 0 saturated carbocycles. The Morgan fingerprint density at radius 3 is 2.47 bits per heavy atom. The molecule has 32 heavy (non-hydrogen) atoms. The number of hydrogen-bond acceptors (Lipinski definition) is 7. The molecule has 2 atom stereocenters. The molecule has 8 heteroatoms. The van der Waals surface area contributed by atoms with E-state index in [4.69, 9.17) is 18.9 Å². The third-order valence-electron chi connectivity index (χ3n) is 4.68. The zero-order chi connectivity index (χ0) is 23.8. The van der Waals surface area contributed by atoms with Crippen molar-refractivity contribution in [3.63, 3.8) is 0 Å². The van der Waals surface area contributed by atoms with Gasteiger partial charge in [-0.25, -0.2) is 9.59 Å². The van der Waals surface area contributed by atoms with Crippen LogP contribution in [0.3, 0.4) is 0 Å². The third-order valence-corrected chi connectivity index (χ3v) is 4.68. The molecule has 1 amide bonds. The van der Waals surface area contributed by atoms with Crippen LogP contribution in [0.4, 0.5) is 4.79 Å². The molecule has 0 aromatic rings. The number of nitrogens with one attached hydrogen (secondary N) is 1. The van der Waals surface area contributed by atoms with Crippen molar-refractivity contribution < 1.29 is 33.3 Å². The highest BCUT2D eigenvalue weighted by molar-refractivity contribution is 5.70. The Morgan fingerprint density at radius 1 is 1.06 bits per heavy atom. The molecule has 1 unspecified atom stereocenters. The summed E-state index contributed by atoms with van der Waals surface area (Å²) >= 11 is 0. The highest BCUT2D eigenvalue weighted by Crippen LogP contribution is 2.21. The molecule has 0 fully saturated rings. The van der Waals surface area contributed by atoms with Gasteiger partial charge in [0.2, 0.25) is 0 Å². The summed E-state index contributed by atoms with van der Waals surface area (Å²) in [5.74, 6) is 0.657. The predicted molar refractivity (Wildman–Crippen MR) is 122 cm³/mol. The van der Waals surface area contributed by atoms with Crippen molar-refractivity contribution in [1.82, 2.24) is 5.32 Å². The number of alkyl carbamates (subject to hydrolysis) is 1. The van der Waals surface area contributed by atoms with Gasteiger partial charge in [-0.2, -0.15) is 0 Å². The molecule has 1 aliphatic rings. The van der Waals surface area contributed by atoms with Crippen molar-refractivity contribution in [1.29, 1.82) is 0 Å². The molecular weight excluding hydrogens is 414 g/mol. The van der Waals surface area contributed by atoms with Crippen molar-refractivity contribution in [2.75, 3.05) is 40.1 Å². The minimum Gasteiger partial charge on any atom is -0.494 e. The highest BCUT2D eigenvalue weighted by atomic mass is 16.6. The number of methoxy groups -OCH3 is 1. The average molecular weight is 456 g/mol. The number of carbonyl (C=O) groups excluding carboxylic acids is 2. The minimum absolute atomic E-state index is 0.0119. The van der Waals surface area contributed by atoms with Crippen molar-refractivity contribution in [2.24, 2.45) is 5.92 Å². The number of allylic oxidation sites excluding steroid dienone is 2. The van der Waals surface area contributed by atoms with E-state index >= 15 is 0 Å². The van der Waals surface area contributed by atoms with Crippen LogP contribution in [0.1, 0.15) is 59.8 Å². The lowest BCUT2D eigenvalue weighted by molar-refractivity contribution is -0.146. The van der Waals surface area contributed by atoms with Crippen LogP contribution in [0.5, 0.6) is 0 Å². The van der Waals surface area contributed by atoms with E-state index in [1.165, 1.54) is 7.11 Å². The van der Waals surface area contributed by atoms with Gasteiger partial charge in [-0.05, 0) is 72.0 Å². The van der Waals surface area contributed by atoms with E-state index in [1.807, 2.05) is 33.8 Å². The molecular formula is C24H41NO7. The zero-order valence-electron chi connectivity index (χ0n) is 20.3. The lowest BCUT2D eigenvalue weighted by Gasteiger charge is -2.26. The Balaban J connectivity index is 2.09. The predicted octanol–water partition coefficient (Wildman–Crippen LogP) is 4.14. The fourth-order valence-electron chi connectivity index (χ4n) is 2.97. The summed E-state index contributed by atoms with van der Waals surface area (Å²) < 4.78 is 26.4. The molecule has 1 rings (SSSR count). The van der Waals surface area contributed by atoms with Gasteiger partial charge in [-0.3, -0.25) is 0 Å². The first kappa shape index (κ1) is 28.0. The molecule has 0 heterocycles. The van der Waals surface area contributed by atoms with E-state index in [1.54, 1.807) is 0 Å². The second kappa shape index (κ2) is 15.7. The van der Waals surface area contributed by atoms with Crippen LogP contribution >= 0.6 is 0 Å². The van der Waals surface area contributed by atoms with Crippen LogP contribution < -0.4 is 5.32 Å². The number of esters is 1. The summed E-state index contributed by atoms with van der Waals surface area (Å²) in [4.78, 5) is 22.9. The van der Waals surface area contributed by atoms with Gasteiger partial charge in [0.05, 0.1) is 13.7 Å². The number of amides is 1. The minimum atomic E-state index is -0.508. The fraction of sp³-hybridized carbons (Fsp3) is 0.750. The number of ether oxygens (including phenoxy) is 5. The van der Waals surface area contributed by atoms with E-state index in [-0.39, 0.29) is 24.5 Å². The summed E-state index contributed by atoms with van der Waals surface area (Å²) in [5, 5.41) is 2.91. The maximum atomic E-state index is 12.0. The van der Waals surface area contributed by atoms with Gasteiger partial charge in [0.25, 0.3) is 0 Å². The Hall–Kier alpha value is -2.06. The van der Waals surface area contributed by atoms with Crippen LogP contribution in [0.25, 0.3) is 0 Å². The maximum Gasteiger partial charge on any atom is 0.407 e. The molecule has 8 nitrogen and oxygen atoms in total. The van der Waals surface area contributed by atoms with Gasteiger partial charge in [-0.15, -0.1) is 0 Å². The Morgan fingerprint density at radius 2 is 1.75 bits per heavy atom. The fourth-order valence-corrected chi connectivity index (χ4v) is 2.97. The molecule has 0 spiro atoms. The van der Waals surface area contributed by atoms with Gasteiger partial charge in [0.1, 0.15) is 18.0 Å². The molecule has 1 aliphatic carbocycles. The second-order valence-electron chi connectivity index (χ2n) is 8.81. The number of rotatable bonds is 15. The van der Waals surface area contributed by atoms with Crippen molar-refractivity contribution >= 4 is 12.1 Å². The molecule has 0 aromatic heterocycles. The van der Waals surface area contributed by atoms with E-state index in [0.29, 0.717) is 26.4 Å². The number of hydrogen-bond donors (Lipinski definition) is 1. The summed E-state index contributed by atoms with van der Waals surface area (Å²) in [6, 6.07) is -0.0450. The maximum absolute atomic E-state index is 12.0. The van der Waals surface area contributed by atoms with Crippen LogP contribution in [-0.4, -0.2) is 63.8 Å². The summed E-state index contributed by atoms with van der Waals surface area (Å²) in [7, 11) is 1.34. The quantitative estimate of drug-likeness (QED) is 0.293. The Labute approximate surface area is 192 Å². The topological polar surface area (TPSA) is 92.3 Å². The monoisotopic (exact) mass is 455 g/mol. The molecule has 0 saturated heterocycles. The number of unbranched alkanes of at least 4 members (excludes halogenated alkanes) is 2. The van der Waals surface area contributed by atoms with Crippen LogP contribution in [0.2, 0.25) is 0 Å². The van der Waals surface area contributed by atoms with Gasteiger partial charge in [-0.1, -0.05) is 6.08 Å². The first-order chi connectivity index (χ1) is 15.2. The van der Waals surface area contributed by atoms with E-state index in [0.717, 1.165) is 37.9 Å². The SMILES string of the molecule is COC(=O)COCCCOCCCCCOC1=CC([C@@H](C)NC(=O)OC(C)(C)C)CC=C1. The van der Waals surface area contributed by atoms with Gasteiger partial charge < -0.3 is 29.0 Å². The van der Waals surface area contributed by atoms with Crippen LogP contribution in [0, 0.1) is 5.92 Å². The molecule has 0 aliphatic heterocycles. The number of carbonyl (C=O) groups is 2. The smallest absolute Gasteiger partial charge is 0.407 e. The molecule has 0 bridgehead atoms. The van der Waals surface area contributed by atoms with Crippen molar-refractivity contribution in [3.05, 3.63) is 24.0 Å². The van der Waals surface area contributed by atoms with E-state index < -0.39 is 11.7 Å². The first-order valence-electron chi connectivity index (χ1n) is 11.4. The average Bonchev–Trinajstić information content (AvgIpc) is 2.73. The van der Waals surface area contributed by atoms with Crippen molar-refractivity contribution in [2.45, 2.75) is 71.4 Å².